The van der Waals surface area contributed by atoms with E-state index >= 15 is 0 Å². The lowest BCUT2D eigenvalue weighted by molar-refractivity contribution is -0.133. The fourth-order valence-electron chi connectivity index (χ4n) is 2.26. The van der Waals surface area contributed by atoms with Crippen LogP contribution in [0, 0.1) is 0 Å². The Morgan fingerprint density at radius 3 is 2.19 bits per heavy atom. The molecular formula is C19H20ClN3O3. The first-order valence-electron chi connectivity index (χ1n) is 8.24. The van der Waals surface area contributed by atoms with Crippen molar-refractivity contribution in [2.45, 2.75) is 26.7 Å². The maximum Gasteiger partial charge on any atom is 0.314 e. The molecule has 0 saturated carbocycles. The first kappa shape index (κ1) is 19.5. The second-order valence-electron chi connectivity index (χ2n) is 5.52. The zero-order valence-corrected chi connectivity index (χ0v) is 15.3. The molecule has 0 spiro atoms. The van der Waals surface area contributed by atoms with E-state index in [0.29, 0.717) is 17.8 Å². The smallest absolute Gasteiger partial charge is 0.314 e. The third kappa shape index (κ3) is 5.07. The maximum atomic E-state index is 12.2. The summed E-state index contributed by atoms with van der Waals surface area (Å²) in [4.78, 5) is 35.8. The number of benzene rings is 2. The van der Waals surface area contributed by atoms with E-state index in [1.165, 1.54) is 12.1 Å². The molecule has 0 radical (unpaired) electrons. The number of hydrogen-bond donors (Lipinski definition) is 3. The number of nitrogens with one attached hydrogen (secondary N) is 3. The zero-order chi connectivity index (χ0) is 19.1. The standard InChI is InChI=1S/C19H20ClN3O3/c1-3-12-7-5-6-8-15(12)22-18(25)19(26)23-16-11-13(9-10-14(16)20)21-17(24)4-2/h5-11H,3-4H2,1-2H3,(H,21,24)(H,22,25)(H,23,26). The summed E-state index contributed by atoms with van der Waals surface area (Å²) >= 11 is 6.06. The molecule has 0 unspecified atom stereocenters. The average Bonchev–Trinajstić information content (AvgIpc) is 2.64. The van der Waals surface area contributed by atoms with E-state index in [9.17, 15) is 14.4 Å². The minimum atomic E-state index is -0.850. The molecule has 0 aliphatic rings. The van der Waals surface area contributed by atoms with E-state index in [-0.39, 0.29) is 16.6 Å². The lowest BCUT2D eigenvalue weighted by atomic mass is 10.1. The Kier molecular flexibility index (Phi) is 6.74. The largest absolute Gasteiger partial charge is 0.326 e. The fraction of sp³-hybridized carbons (Fsp3) is 0.211. The first-order valence-corrected chi connectivity index (χ1v) is 8.62. The zero-order valence-electron chi connectivity index (χ0n) is 14.6. The van der Waals surface area contributed by atoms with Gasteiger partial charge in [0.2, 0.25) is 5.91 Å². The monoisotopic (exact) mass is 373 g/mol. The molecule has 7 heteroatoms. The number of para-hydroxylation sites is 1. The van der Waals surface area contributed by atoms with Gasteiger partial charge in [-0.15, -0.1) is 0 Å². The molecule has 0 saturated heterocycles. The van der Waals surface area contributed by atoms with Crippen molar-refractivity contribution in [3.63, 3.8) is 0 Å². The van der Waals surface area contributed by atoms with Crippen LogP contribution in [0.4, 0.5) is 17.1 Å². The van der Waals surface area contributed by atoms with Crippen LogP contribution in [0.3, 0.4) is 0 Å². The molecule has 0 aliphatic carbocycles. The predicted octanol–water partition coefficient (Wildman–Crippen LogP) is 3.83. The van der Waals surface area contributed by atoms with Crippen molar-refractivity contribution in [2.75, 3.05) is 16.0 Å². The predicted molar refractivity (Wildman–Crippen MR) is 103 cm³/mol. The molecule has 0 bridgehead atoms. The van der Waals surface area contributed by atoms with E-state index in [2.05, 4.69) is 16.0 Å². The minimum absolute atomic E-state index is 0.168. The summed E-state index contributed by atoms with van der Waals surface area (Å²) in [5.41, 5.74) is 2.24. The molecule has 26 heavy (non-hydrogen) atoms. The van der Waals surface area contributed by atoms with E-state index in [4.69, 9.17) is 11.6 Å². The average molecular weight is 374 g/mol. The van der Waals surface area contributed by atoms with Crippen LogP contribution in [0.25, 0.3) is 0 Å². The Hall–Kier alpha value is -2.86. The van der Waals surface area contributed by atoms with Gasteiger partial charge in [0.05, 0.1) is 10.7 Å². The second kappa shape index (κ2) is 9.01. The minimum Gasteiger partial charge on any atom is -0.326 e. The molecule has 3 amide bonds. The fourth-order valence-corrected chi connectivity index (χ4v) is 2.42. The van der Waals surface area contributed by atoms with Crippen molar-refractivity contribution in [3.8, 4) is 0 Å². The van der Waals surface area contributed by atoms with Gasteiger partial charge < -0.3 is 16.0 Å². The highest BCUT2D eigenvalue weighted by Crippen LogP contribution is 2.26. The molecule has 0 heterocycles. The lowest BCUT2D eigenvalue weighted by Crippen LogP contribution is -2.29. The van der Waals surface area contributed by atoms with Gasteiger partial charge in [0.15, 0.2) is 0 Å². The molecule has 6 nitrogen and oxygen atoms in total. The number of amides is 3. The highest BCUT2D eigenvalue weighted by Gasteiger charge is 2.17. The summed E-state index contributed by atoms with van der Waals surface area (Å²) in [5, 5.41) is 7.98. The van der Waals surface area contributed by atoms with Gasteiger partial charge in [0.25, 0.3) is 0 Å². The van der Waals surface area contributed by atoms with E-state index < -0.39 is 11.8 Å². The van der Waals surface area contributed by atoms with Crippen molar-refractivity contribution in [3.05, 3.63) is 53.1 Å². The van der Waals surface area contributed by atoms with Crippen LogP contribution in [-0.2, 0) is 20.8 Å². The third-order valence-electron chi connectivity index (χ3n) is 3.67. The van der Waals surface area contributed by atoms with Crippen LogP contribution in [0.1, 0.15) is 25.8 Å². The van der Waals surface area contributed by atoms with Gasteiger partial charge in [-0.2, -0.15) is 0 Å². The van der Waals surface area contributed by atoms with Gasteiger partial charge in [-0.3, -0.25) is 14.4 Å². The molecule has 2 aromatic carbocycles. The molecular weight excluding hydrogens is 354 g/mol. The summed E-state index contributed by atoms with van der Waals surface area (Å²) < 4.78 is 0. The van der Waals surface area contributed by atoms with Crippen LogP contribution in [0.5, 0.6) is 0 Å². The number of aryl methyl sites for hydroxylation is 1. The van der Waals surface area contributed by atoms with Gasteiger partial charge in [-0.25, -0.2) is 0 Å². The van der Waals surface area contributed by atoms with E-state index in [1.54, 1.807) is 25.1 Å². The summed E-state index contributed by atoms with van der Waals surface area (Å²) in [5.74, 6) is -1.82. The van der Waals surface area contributed by atoms with Crippen LogP contribution >= 0.6 is 11.6 Å². The van der Waals surface area contributed by atoms with Gasteiger partial charge in [-0.05, 0) is 36.2 Å². The van der Waals surface area contributed by atoms with Gasteiger partial charge in [0, 0.05) is 17.8 Å². The first-order chi connectivity index (χ1) is 12.4. The number of carbonyl (C=O) groups is 3. The molecule has 0 fully saturated rings. The highest BCUT2D eigenvalue weighted by molar-refractivity contribution is 6.45. The van der Waals surface area contributed by atoms with Gasteiger partial charge in [0.1, 0.15) is 0 Å². The summed E-state index contributed by atoms with van der Waals surface area (Å²) in [6, 6.07) is 11.9. The Balaban J connectivity index is 2.10. The van der Waals surface area contributed by atoms with Crippen molar-refractivity contribution < 1.29 is 14.4 Å². The van der Waals surface area contributed by atoms with Crippen LogP contribution in [0.15, 0.2) is 42.5 Å². The topological polar surface area (TPSA) is 87.3 Å². The van der Waals surface area contributed by atoms with Crippen molar-refractivity contribution in [2.24, 2.45) is 0 Å². The Morgan fingerprint density at radius 2 is 1.54 bits per heavy atom. The molecule has 136 valence electrons. The quantitative estimate of drug-likeness (QED) is 0.696. The summed E-state index contributed by atoms with van der Waals surface area (Å²) in [6.07, 6.45) is 1.05. The highest BCUT2D eigenvalue weighted by atomic mass is 35.5. The second-order valence-corrected chi connectivity index (χ2v) is 5.92. The van der Waals surface area contributed by atoms with Crippen molar-refractivity contribution >= 4 is 46.4 Å². The normalized spacial score (nSPS) is 10.1. The molecule has 2 aromatic rings. The Morgan fingerprint density at radius 1 is 0.885 bits per heavy atom. The molecule has 0 aliphatic heterocycles. The van der Waals surface area contributed by atoms with Crippen LogP contribution in [-0.4, -0.2) is 17.7 Å². The van der Waals surface area contributed by atoms with Crippen molar-refractivity contribution in [1.29, 1.82) is 0 Å². The molecule has 2 rings (SSSR count). The molecule has 0 aromatic heterocycles. The number of carbonyl (C=O) groups excluding carboxylic acids is 3. The van der Waals surface area contributed by atoms with Crippen molar-refractivity contribution in [1.82, 2.24) is 0 Å². The lowest BCUT2D eigenvalue weighted by Gasteiger charge is -2.12. The van der Waals surface area contributed by atoms with E-state index in [1.807, 2.05) is 19.1 Å². The number of rotatable bonds is 5. The van der Waals surface area contributed by atoms with Gasteiger partial charge in [-0.1, -0.05) is 43.6 Å². The number of halogens is 1. The summed E-state index contributed by atoms with van der Waals surface area (Å²) in [7, 11) is 0. The maximum absolute atomic E-state index is 12.2. The Labute approximate surface area is 156 Å². The number of anilines is 3. The Bertz CT molecular complexity index is 837. The third-order valence-corrected chi connectivity index (χ3v) is 4.00. The summed E-state index contributed by atoms with van der Waals surface area (Å²) in [6.45, 7) is 3.69. The molecule has 3 N–H and O–H groups in total. The van der Waals surface area contributed by atoms with Gasteiger partial charge >= 0.3 is 11.8 Å². The van der Waals surface area contributed by atoms with Crippen LogP contribution in [0.2, 0.25) is 5.02 Å². The SMILES string of the molecule is CCC(=O)Nc1ccc(Cl)c(NC(=O)C(=O)Nc2ccccc2CC)c1. The van der Waals surface area contributed by atoms with E-state index in [0.717, 1.165) is 12.0 Å². The van der Waals surface area contributed by atoms with Crippen LogP contribution < -0.4 is 16.0 Å². The molecule has 0 atom stereocenters. The number of hydrogen-bond acceptors (Lipinski definition) is 3.